The lowest BCUT2D eigenvalue weighted by molar-refractivity contribution is 0.336. The molecule has 0 saturated carbocycles. The van der Waals surface area contributed by atoms with Crippen LogP contribution >= 0.6 is 0 Å². The standard InChI is InChI=1S/C8H11NO/c9-6-5-8-4-2-1-3-7-10-8/h1-4,7H,5-6,9H2. The topological polar surface area (TPSA) is 35.2 Å². The van der Waals surface area contributed by atoms with Gasteiger partial charge >= 0.3 is 0 Å². The first-order chi connectivity index (χ1) is 4.93. The molecule has 1 rings (SSSR count). The molecule has 2 nitrogen and oxygen atoms in total. The molecule has 0 aromatic rings. The third kappa shape index (κ3) is 2.07. The van der Waals surface area contributed by atoms with E-state index in [9.17, 15) is 0 Å². The van der Waals surface area contributed by atoms with Crippen molar-refractivity contribution >= 4 is 0 Å². The van der Waals surface area contributed by atoms with Gasteiger partial charge in [0.1, 0.15) is 5.76 Å². The van der Waals surface area contributed by atoms with Crippen LogP contribution in [0.4, 0.5) is 0 Å². The minimum atomic E-state index is 0.632. The third-order valence-electron chi connectivity index (χ3n) is 1.19. The Hall–Kier alpha value is -1.02. The Morgan fingerprint density at radius 3 is 3.00 bits per heavy atom. The molecule has 1 aliphatic heterocycles. The average Bonchev–Trinajstić information content (AvgIpc) is 2.17. The number of allylic oxidation sites excluding steroid dienone is 4. The summed E-state index contributed by atoms with van der Waals surface area (Å²) in [6.45, 7) is 0.632. The predicted molar refractivity (Wildman–Crippen MR) is 41.1 cm³/mol. The minimum absolute atomic E-state index is 0.632. The fourth-order valence-corrected chi connectivity index (χ4v) is 0.723. The largest absolute Gasteiger partial charge is 0.469 e. The van der Waals surface area contributed by atoms with Crippen LogP contribution in [-0.2, 0) is 4.74 Å². The number of rotatable bonds is 2. The van der Waals surface area contributed by atoms with Gasteiger partial charge in [-0.3, -0.25) is 0 Å². The van der Waals surface area contributed by atoms with Crippen molar-refractivity contribution in [3.63, 3.8) is 0 Å². The van der Waals surface area contributed by atoms with Crippen molar-refractivity contribution in [3.05, 3.63) is 36.3 Å². The molecular weight excluding hydrogens is 126 g/mol. The van der Waals surface area contributed by atoms with Gasteiger partial charge in [-0.2, -0.15) is 0 Å². The SMILES string of the molecule is NCCC1=CC=CC=CO1. The Labute approximate surface area is 60.7 Å². The van der Waals surface area contributed by atoms with E-state index in [0.717, 1.165) is 12.2 Å². The van der Waals surface area contributed by atoms with Crippen molar-refractivity contribution < 1.29 is 4.74 Å². The molecule has 0 atom stereocenters. The Morgan fingerprint density at radius 2 is 2.20 bits per heavy atom. The lowest BCUT2D eigenvalue weighted by atomic mass is 10.3. The molecule has 0 fully saturated rings. The Morgan fingerprint density at radius 1 is 1.30 bits per heavy atom. The smallest absolute Gasteiger partial charge is 0.104 e. The highest BCUT2D eigenvalue weighted by Gasteiger charge is 1.93. The Bertz CT molecular complexity index is 180. The van der Waals surface area contributed by atoms with E-state index in [4.69, 9.17) is 10.5 Å². The highest BCUT2D eigenvalue weighted by molar-refractivity contribution is 5.16. The van der Waals surface area contributed by atoms with E-state index in [0.29, 0.717) is 6.54 Å². The molecule has 54 valence electrons. The quantitative estimate of drug-likeness (QED) is 0.623. The summed E-state index contributed by atoms with van der Waals surface area (Å²) in [5.74, 6) is 0.924. The van der Waals surface area contributed by atoms with Gasteiger partial charge in [0.2, 0.25) is 0 Å². The first-order valence-corrected chi connectivity index (χ1v) is 3.32. The summed E-state index contributed by atoms with van der Waals surface area (Å²) < 4.78 is 5.18. The Balaban J connectivity index is 2.50. The maximum Gasteiger partial charge on any atom is 0.104 e. The molecule has 2 N–H and O–H groups in total. The van der Waals surface area contributed by atoms with Crippen molar-refractivity contribution in [1.29, 1.82) is 0 Å². The summed E-state index contributed by atoms with van der Waals surface area (Å²) in [5, 5.41) is 0. The van der Waals surface area contributed by atoms with Crippen molar-refractivity contribution in [2.24, 2.45) is 5.73 Å². The van der Waals surface area contributed by atoms with Crippen molar-refractivity contribution in [1.82, 2.24) is 0 Å². The van der Waals surface area contributed by atoms with Gasteiger partial charge in [0, 0.05) is 6.42 Å². The van der Waals surface area contributed by atoms with Gasteiger partial charge in [-0.25, -0.2) is 0 Å². The molecule has 0 amide bonds. The molecule has 1 heterocycles. The summed E-state index contributed by atoms with van der Waals surface area (Å²) in [7, 11) is 0. The molecule has 0 aromatic heterocycles. The van der Waals surface area contributed by atoms with E-state index in [2.05, 4.69) is 0 Å². The van der Waals surface area contributed by atoms with Crippen molar-refractivity contribution in [3.8, 4) is 0 Å². The monoisotopic (exact) mass is 137 g/mol. The summed E-state index contributed by atoms with van der Waals surface area (Å²) >= 11 is 0. The lowest BCUT2D eigenvalue weighted by Gasteiger charge is -2.00. The normalized spacial score (nSPS) is 15.9. The van der Waals surface area contributed by atoms with Gasteiger partial charge in [-0.15, -0.1) is 0 Å². The third-order valence-corrected chi connectivity index (χ3v) is 1.19. The lowest BCUT2D eigenvalue weighted by Crippen LogP contribution is -2.00. The molecule has 0 unspecified atom stereocenters. The van der Waals surface area contributed by atoms with Crippen LogP contribution in [-0.4, -0.2) is 6.54 Å². The molecule has 0 saturated heterocycles. The average molecular weight is 137 g/mol. The second kappa shape index (κ2) is 3.90. The molecule has 0 aliphatic carbocycles. The van der Waals surface area contributed by atoms with Crippen LogP contribution in [0.2, 0.25) is 0 Å². The van der Waals surface area contributed by atoms with Crippen LogP contribution in [0.1, 0.15) is 6.42 Å². The molecule has 2 heteroatoms. The van der Waals surface area contributed by atoms with Crippen molar-refractivity contribution in [2.45, 2.75) is 6.42 Å². The van der Waals surface area contributed by atoms with Gasteiger partial charge in [0.05, 0.1) is 6.26 Å². The number of ether oxygens (including phenoxy) is 1. The van der Waals surface area contributed by atoms with Crippen LogP contribution in [0.5, 0.6) is 0 Å². The van der Waals surface area contributed by atoms with E-state index in [-0.39, 0.29) is 0 Å². The molecule has 0 radical (unpaired) electrons. The summed E-state index contributed by atoms with van der Waals surface area (Å²) in [6.07, 6.45) is 10.1. The highest BCUT2D eigenvalue weighted by atomic mass is 16.5. The molecule has 0 aromatic carbocycles. The minimum Gasteiger partial charge on any atom is -0.469 e. The predicted octanol–water partition coefficient (Wildman–Crippen LogP) is 1.32. The molecule has 0 spiro atoms. The fourth-order valence-electron chi connectivity index (χ4n) is 0.723. The van der Waals surface area contributed by atoms with Crippen LogP contribution < -0.4 is 5.73 Å². The van der Waals surface area contributed by atoms with Crippen LogP contribution in [0.15, 0.2) is 36.3 Å². The fraction of sp³-hybridized carbons (Fsp3) is 0.250. The van der Waals surface area contributed by atoms with Crippen molar-refractivity contribution in [2.75, 3.05) is 6.54 Å². The summed E-state index contributed by atoms with van der Waals surface area (Å²) in [5.41, 5.74) is 5.34. The molecule has 0 bridgehead atoms. The summed E-state index contributed by atoms with van der Waals surface area (Å²) in [4.78, 5) is 0. The second-order valence-electron chi connectivity index (χ2n) is 2.00. The van der Waals surface area contributed by atoms with E-state index in [1.165, 1.54) is 0 Å². The molecule has 10 heavy (non-hydrogen) atoms. The number of hydrogen-bond acceptors (Lipinski definition) is 2. The van der Waals surface area contributed by atoms with Crippen LogP contribution in [0, 0.1) is 0 Å². The van der Waals surface area contributed by atoms with Gasteiger partial charge in [-0.05, 0) is 18.7 Å². The first kappa shape index (κ1) is 7.09. The number of nitrogens with two attached hydrogens (primary N) is 1. The zero-order valence-corrected chi connectivity index (χ0v) is 5.79. The van der Waals surface area contributed by atoms with Gasteiger partial charge in [0.25, 0.3) is 0 Å². The van der Waals surface area contributed by atoms with E-state index in [1.807, 2.05) is 24.3 Å². The molecular formula is C8H11NO. The molecule has 1 aliphatic rings. The highest BCUT2D eigenvalue weighted by Crippen LogP contribution is 2.05. The summed E-state index contributed by atoms with van der Waals surface area (Å²) in [6, 6.07) is 0. The first-order valence-electron chi connectivity index (χ1n) is 3.32. The van der Waals surface area contributed by atoms with E-state index >= 15 is 0 Å². The van der Waals surface area contributed by atoms with E-state index < -0.39 is 0 Å². The maximum absolute atomic E-state index is 5.34. The zero-order chi connectivity index (χ0) is 7.23. The van der Waals surface area contributed by atoms with Crippen LogP contribution in [0.3, 0.4) is 0 Å². The van der Waals surface area contributed by atoms with E-state index in [1.54, 1.807) is 6.26 Å². The van der Waals surface area contributed by atoms with Gasteiger partial charge in [-0.1, -0.05) is 12.2 Å². The second-order valence-corrected chi connectivity index (χ2v) is 2.00. The van der Waals surface area contributed by atoms with Crippen LogP contribution in [0.25, 0.3) is 0 Å². The zero-order valence-electron chi connectivity index (χ0n) is 5.79. The van der Waals surface area contributed by atoms with Gasteiger partial charge < -0.3 is 10.5 Å². The van der Waals surface area contributed by atoms with Gasteiger partial charge in [0.15, 0.2) is 0 Å². The maximum atomic E-state index is 5.34. The number of hydrogen-bond donors (Lipinski definition) is 1. The Kier molecular flexibility index (Phi) is 2.77.